The van der Waals surface area contributed by atoms with Crippen LogP contribution in [0.1, 0.15) is 71.6 Å². The zero-order valence-corrected chi connectivity index (χ0v) is 11.3. The quantitative estimate of drug-likeness (QED) is 0.424. The van der Waals surface area contributed by atoms with E-state index in [2.05, 4.69) is 29.9 Å². The summed E-state index contributed by atoms with van der Waals surface area (Å²) in [6.07, 6.45) is 12.9. The van der Waals surface area contributed by atoms with Crippen LogP contribution < -0.4 is 0 Å². The van der Waals surface area contributed by atoms with Crippen molar-refractivity contribution in [3.05, 3.63) is 0 Å². The molecular weight excluding hydrogens is 223 g/mol. The van der Waals surface area contributed by atoms with Gasteiger partial charge in [-0.3, -0.25) is 0 Å². The molecule has 0 saturated heterocycles. The van der Waals surface area contributed by atoms with Crippen LogP contribution in [0, 0.1) is 0 Å². The Balaban J connectivity index is 2.84. The third-order valence-corrected chi connectivity index (χ3v) is 3.02. The maximum absolute atomic E-state index is 2.74. The molecule has 1 heteroatoms. The third-order valence-electron chi connectivity index (χ3n) is 2.48. The Kier molecular flexibility index (Phi) is 11.0. The van der Waals surface area contributed by atoms with E-state index in [9.17, 15) is 0 Å². The molecule has 80 valence electrons. The van der Waals surface area contributed by atoms with Gasteiger partial charge < -0.3 is 0 Å². The molecule has 0 radical (unpaired) electrons. The molecule has 0 nitrogen and oxygen atoms in total. The molecule has 0 heterocycles. The summed E-state index contributed by atoms with van der Waals surface area (Å²) < 4.78 is 0. The Bertz CT molecular complexity index is 89.1. The van der Waals surface area contributed by atoms with E-state index >= 15 is 0 Å². The summed E-state index contributed by atoms with van der Waals surface area (Å²) in [7, 11) is 0. The van der Waals surface area contributed by atoms with Crippen molar-refractivity contribution in [3.63, 3.8) is 0 Å². The van der Waals surface area contributed by atoms with Gasteiger partial charge in [-0.05, 0) is 0 Å². The second-order valence-corrected chi connectivity index (χ2v) is 5.96. The number of rotatable bonds is 9. The van der Waals surface area contributed by atoms with Crippen molar-refractivity contribution in [3.8, 4) is 0 Å². The van der Waals surface area contributed by atoms with E-state index in [-0.39, 0.29) is 0 Å². The Morgan fingerprint density at radius 1 is 0.846 bits per heavy atom. The Morgan fingerprint density at radius 3 is 1.77 bits per heavy atom. The fourth-order valence-corrected chi connectivity index (χ4v) is 1.96. The first-order chi connectivity index (χ1) is 6.27. The summed E-state index contributed by atoms with van der Waals surface area (Å²) in [5.41, 5.74) is 0. The zero-order chi connectivity index (χ0) is 9.94. The molecule has 0 saturated carbocycles. The fraction of sp³-hybridized carbons (Fsp3) is 1.00. The van der Waals surface area contributed by atoms with E-state index in [0.29, 0.717) is 0 Å². The van der Waals surface area contributed by atoms with Crippen LogP contribution in [0.3, 0.4) is 0 Å². The standard InChI is InChI=1S/C12H26Se/c1-3-4-5-6-7-8-9-10-11-12(2)13/h12-13H,3-11H2,1-2H3. The SMILES string of the molecule is CCCCCCCCCCC(C)[SeH]. The summed E-state index contributed by atoms with van der Waals surface area (Å²) in [6.45, 7) is 4.57. The van der Waals surface area contributed by atoms with Crippen LogP contribution in [0.2, 0.25) is 4.82 Å². The van der Waals surface area contributed by atoms with Crippen LogP contribution in [0.4, 0.5) is 0 Å². The predicted octanol–water partition coefficient (Wildman–Crippen LogP) is 4.23. The molecule has 13 heavy (non-hydrogen) atoms. The van der Waals surface area contributed by atoms with Gasteiger partial charge in [0.05, 0.1) is 0 Å². The van der Waals surface area contributed by atoms with Crippen molar-refractivity contribution >= 4 is 16.0 Å². The molecule has 0 amide bonds. The molecule has 0 aromatic rings. The molecule has 0 aromatic heterocycles. The van der Waals surface area contributed by atoms with Gasteiger partial charge in [0, 0.05) is 0 Å². The van der Waals surface area contributed by atoms with E-state index in [0.717, 1.165) is 4.82 Å². The molecule has 0 aliphatic heterocycles. The second kappa shape index (κ2) is 10.6. The summed E-state index contributed by atoms with van der Waals surface area (Å²) in [5, 5.41) is 0. The first kappa shape index (κ1) is 13.5. The average Bonchev–Trinajstić information content (AvgIpc) is 2.09. The van der Waals surface area contributed by atoms with Gasteiger partial charge in [0.1, 0.15) is 0 Å². The molecule has 0 aliphatic rings. The fourth-order valence-electron chi connectivity index (χ4n) is 1.57. The van der Waals surface area contributed by atoms with Crippen molar-refractivity contribution in [2.45, 2.75) is 76.5 Å². The molecule has 0 N–H and O–H groups in total. The molecule has 1 unspecified atom stereocenters. The first-order valence-electron chi connectivity index (χ1n) is 5.95. The Hall–Kier alpha value is 0.519. The predicted molar refractivity (Wildman–Crippen MR) is 63.8 cm³/mol. The third kappa shape index (κ3) is 12.5. The van der Waals surface area contributed by atoms with Crippen molar-refractivity contribution in [1.82, 2.24) is 0 Å². The van der Waals surface area contributed by atoms with E-state index in [1.54, 1.807) is 0 Å². The van der Waals surface area contributed by atoms with Crippen LogP contribution >= 0.6 is 0 Å². The van der Waals surface area contributed by atoms with Crippen molar-refractivity contribution < 1.29 is 0 Å². The Labute approximate surface area is 92.7 Å². The molecule has 0 aliphatic carbocycles. The summed E-state index contributed by atoms with van der Waals surface area (Å²) in [5.74, 6) is 0. The van der Waals surface area contributed by atoms with Crippen molar-refractivity contribution in [2.24, 2.45) is 0 Å². The molecule has 0 rings (SSSR count). The van der Waals surface area contributed by atoms with E-state index in [4.69, 9.17) is 0 Å². The summed E-state index contributed by atoms with van der Waals surface area (Å²) in [6, 6.07) is 0. The molecule has 0 aromatic carbocycles. The van der Waals surface area contributed by atoms with Gasteiger partial charge in [-0.25, -0.2) is 0 Å². The number of hydrogen-bond acceptors (Lipinski definition) is 0. The first-order valence-corrected chi connectivity index (χ1v) is 7.03. The van der Waals surface area contributed by atoms with Gasteiger partial charge >= 0.3 is 92.5 Å². The molecular formula is C12H26Se. The summed E-state index contributed by atoms with van der Waals surface area (Å²) >= 11 is 2.74. The minimum atomic E-state index is 0.840. The molecule has 0 spiro atoms. The molecule has 1 atom stereocenters. The van der Waals surface area contributed by atoms with E-state index in [1.807, 2.05) is 0 Å². The number of unbranched alkanes of at least 4 members (excludes halogenated alkanes) is 7. The monoisotopic (exact) mass is 250 g/mol. The Morgan fingerprint density at radius 2 is 1.31 bits per heavy atom. The van der Waals surface area contributed by atoms with Crippen LogP contribution in [-0.4, -0.2) is 16.0 Å². The molecule has 0 bridgehead atoms. The van der Waals surface area contributed by atoms with Crippen LogP contribution in [0.5, 0.6) is 0 Å². The van der Waals surface area contributed by atoms with Gasteiger partial charge in [0.2, 0.25) is 0 Å². The van der Waals surface area contributed by atoms with Gasteiger partial charge in [-0.2, -0.15) is 0 Å². The van der Waals surface area contributed by atoms with Crippen LogP contribution in [0.25, 0.3) is 0 Å². The second-order valence-electron chi connectivity index (χ2n) is 4.11. The van der Waals surface area contributed by atoms with Crippen molar-refractivity contribution in [1.29, 1.82) is 0 Å². The van der Waals surface area contributed by atoms with E-state index in [1.165, 1.54) is 57.8 Å². The maximum atomic E-state index is 2.74. The van der Waals surface area contributed by atoms with Gasteiger partial charge in [0.25, 0.3) is 0 Å². The van der Waals surface area contributed by atoms with Gasteiger partial charge in [-0.15, -0.1) is 0 Å². The topological polar surface area (TPSA) is 0 Å². The zero-order valence-electron chi connectivity index (χ0n) is 9.39. The van der Waals surface area contributed by atoms with E-state index < -0.39 is 0 Å². The average molecular weight is 249 g/mol. The number of hydrogen-bond donors (Lipinski definition) is 0. The van der Waals surface area contributed by atoms with Gasteiger partial charge in [0.15, 0.2) is 0 Å². The summed E-state index contributed by atoms with van der Waals surface area (Å²) in [4.78, 5) is 0.840. The van der Waals surface area contributed by atoms with Crippen LogP contribution in [0.15, 0.2) is 0 Å². The van der Waals surface area contributed by atoms with Gasteiger partial charge in [-0.1, -0.05) is 0 Å². The van der Waals surface area contributed by atoms with Crippen molar-refractivity contribution in [2.75, 3.05) is 0 Å². The van der Waals surface area contributed by atoms with Crippen LogP contribution in [-0.2, 0) is 0 Å². The normalized spacial score (nSPS) is 13.2. The minimum absolute atomic E-state index is 0.840. The molecule has 0 fully saturated rings.